The topological polar surface area (TPSA) is 66.8 Å². The Balaban J connectivity index is 1.70. The zero-order valence-electron chi connectivity index (χ0n) is 15.9. The van der Waals surface area contributed by atoms with Gasteiger partial charge in [-0.3, -0.25) is 0 Å². The number of hydrogen-bond acceptors (Lipinski definition) is 6. The lowest BCUT2D eigenvalue weighted by Crippen LogP contribution is -2.23. The molecule has 0 unspecified atom stereocenters. The Morgan fingerprint density at radius 2 is 1.90 bits per heavy atom. The van der Waals surface area contributed by atoms with Crippen LogP contribution in [0, 0.1) is 0 Å². The lowest BCUT2D eigenvalue weighted by Gasteiger charge is -2.20. The molecule has 1 aliphatic heterocycles. The molecule has 1 N–H and O–H groups in total. The van der Waals surface area contributed by atoms with Gasteiger partial charge in [-0.1, -0.05) is 35.9 Å². The van der Waals surface area contributed by atoms with Crippen molar-refractivity contribution in [1.29, 1.82) is 0 Å². The molecule has 0 saturated heterocycles. The van der Waals surface area contributed by atoms with Crippen LogP contribution in [0.4, 0.5) is 24.7 Å². The second kappa shape index (κ2) is 7.35. The summed E-state index contributed by atoms with van der Waals surface area (Å²) in [6.07, 6.45) is -1.46. The molecule has 0 atom stereocenters. The average molecular weight is 443 g/mol. The summed E-state index contributed by atoms with van der Waals surface area (Å²) in [5, 5.41) is 3.46. The van der Waals surface area contributed by atoms with Crippen molar-refractivity contribution in [2.75, 3.05) is 16.9 Å². The summed E-state index contributed by atoms with van der Waals surface area (Å²) in [7, 11) is 0. The van der Waals surface area contributed by atoms with Gasteiger partial charge in [0.1, 0.15) is 17.5 Å². The van der Waals surface area contributed by atoms with Crippen molar-refractivity contribution in [3.63, 3.8) is 0 Å². The van der Waals surface area contributed by atoms with Crippen molar-refractivity contribution in [3.05, 3.63) is 71.3 Å². The molecule has 0 spiro atoms. The van der Waals surface area contributed by atoms with Gasteiger partial charge in [0, 0.05) is 5.56 Å². The standard InChI is InChI=1S/C21H14ClF3N6/c22-14-6-3-7-15-19(14)30-18(12-4-1-2-5-13(12)21(23,24)25)16(29-15)9-31-11-28-20-17(31)8-26-10-27-20/h1-8,10H,9,11H2,(H,26,27,28). The Labute approximate surface area is 179 Å². The van der Waals surface area contributed by atoms with E-state index in [2.05, 4.69) is 25.3 Å². The van der Waals surface area contributed by atoms with Crippen LogP contribution < -0.4 is 10.2 Å². The van der Waals surface area contributed by atoms with Crippen LogP contribution in [0.25, 0.3) is 22.3 Å². The third-order valence-corrected chi connectivity index (χ3v) is 5.32. The highest BCUT2D eigenvalue weighted by molar-refractivity contribution is 6.34. The smallest absolute Gasteiger partial charge is 0.351 e. The van der Waals surface area contributed by atoms with Gasteiger partial charge in [-0.05, 0) is 18.2 Å². The minimum Gasteiger partial charge on any atom is -0.351 e. The van der Waals surface area contributed by atoms with Crippen LogP contribution in [0.1, 0.15) is 11.3 Å². The van der Waals surface area contributed by atoms with Gasteiger partial charge in [-0.15, -0.1) is 0 Å². The number of halogens is 4. The summed E-state index contributed by atoms with van der Waals surface area (Å²) in [4.78, 5) is 19.3. The van der Waals surface area contributed by atoms with E-state index >= 15 is 0 Å². The number of fused-ring (bicyclic) bond motifs is 2. The third-order valence-electron chi connectivity index (χ3n) is 5.02. The maximum absolute atomic E-state index is 13.7. The van der Waals surface area contributed by atoms with E-state index in [1.165, 1.54) is 18.5 Å². The van der Waals surface area contributed by atoms with Gasteiger partial charge in [-0.25, -0.2) is 19.9 Å². The molecule has 5 rings (SSSR count). The second-order valence-corrected chi connectivity index (χ2v) is 7.37. The molecule has 0 radical (unpaired) electrons. The molecule has 4 aromatic rings. The van der Waals surface area contributed by atoms with Crippen molar-refractivity contribution in [2.45, 2.75) is 12.7 Å². The molecule has 1 aliphatic rings. The molecule has 10 heteroatoms. The molecular weight excluding hydrogens is 429 g/mol. The quantitative estimate of drug-likeness (QED) is 0.473. The van der Waals surface area contributed by atoms with Crippen LogP contribution >= 0.6 is 11.6 Å². The van der Waals surface area contributed by atoms with Gasteiger partial charge < -0.3 is 10.2 Å². The number of alkyl halides is 3. The molecule has 156 valence electrons. The molecule has 0 fully saturated rings. The number of hydrogen-bond donors (Lipinski definition) is 1. The molecule has 0 aliphatic carbocycles. The molecular formula is C21H14ClF3N6. The number of aromatic nitrogens is 4. The number of nitrogens with one attached hydrogen (secondary N) is 1. The van der Waals surface area contributed by atoms with Crippen molar-refractivity contribution in [1.82, 2.24) is 19.9 Å². The van der Waals surface area contributed by atoms with Crippen LogP contribution in [-0.2, 0) is 12.7 Å². The summed E-state index contributed by atoms with van der Waals surface area (Å²) in [5.41, 5.74) is 1.31. The summed E-state index contributed by atoms with van der Waals surface area (Å²) in [6, 6.07) is 10.4. The van der Waals surface area contributed by atoms with Crippen molar-refractivity contribution < 1.29 is 13.2 Å². The zero-order chi connectivity index (χ0) is 21.6. The molecule has 2 aromatic carbocycles. The molecule has 31 heavy (non-hydrogen) atoms. The fraction of sp³-hybridized carbons (Fsp3) is 0.143. The summed E-state index contributed by atoms with van der Waals surface area (Å²) in [6.45, 7) is 0.633. The first-order valence-corrected chi connectivity index (χ1v) is 9.70. The molecule has 3 heterocycles. The lowest BCUT2D eigenvalue weighted by atomic mass is 10.0. The van der Waals surface area contributed by atoms with E-state index in [0.29, 0.717) is 34.2 Å². The van der Waals surface area contributed by atoms with Crippen LogP contribution in [0.2, 0.25) is 5.02 Å². The van der Waals surface area contributed by atoms with E-state index in [4.69, 9.17) is 11.6 Å². The van der Waals surface area contributed by atoms with E-state index in [0.717, 1.165) is 11.8 Å². The Morgan fingerprint density at radius 3 is 2.74 bits per heavy atom. The van der Waals surface area contributed by atoms with Crippen LogP contribution in [0.5, 0.6) is 0 Å². The predicted octanol–water partition coefficient (Wildman–Crippen LogP) is 5.15. The number of nitrogens with zero attached hydrogens (tertiary/aromatic N) is 5. The Morgan fingerprint density at radius 1 is 1.06 bits per heavy atom. The summed E-state index contributed by atoms with van der Waals surface area (Å²) < 4.78 is 41.2. The van der Waals surface area contributed by atoms with Crippen molar-refractivity contribution in [3.8, 4) is 11.3 Å². The highest BCUT2D eigenvalue weighted by atomic mass is 35.5. The fourth-order valence-corrected chi connectivity index (χ4v) is 3.82. The first kappa shape index (κ1) is 19.5. The molecule has 6 nitrogen and oxygen atoms in total. The maximum atomic E-state index is 13.7. The Bertz CT molecular complexity index is 1290. The summed E-state index contributed by atoms with van der Waals surface area (Å²) in [5.74, 6) is 0.657. The van der Waals surface area contributed by atoms with Gasteiger partial charge in [0.15, 0.2) is 5.82 Å². The molecule has 0 bridgehead atoms. The monoisotopic (exact) mass is 442 g/mol. The first-order chi connectivity index (χ1) is 14.9. The highest BCUT2D eigenvalue weighted by Crippen LogP contribution is 2.39. The maximum Gasteiger partial charge on any atom is 0.417 e. The number of rotatable bonds is 3. The average Bonchev–Trinajstić information content (AvgIpc) is 3.16. The second-order valence-electron chi connectivity index (χ2n) is 6.96. The normalized spacial score (nSPS) is 13.4. The fourth-order valence-electron chi connectivity index (χ4n) is 3.61. The van der Waals surface area contributed by atoms with Crippen LogP contribution in [0.3, 0.4) is 0 Å². The van der Waals surface area contributed by atoms with E-state index in [1.807, 2.05) is 4.90 Å². The van der Waals surface area contributed by atoms with E-state index in [9.17, 15) is 13.2 Å². The largest absolute Gasteiger partial charge is 0.417 e. The van der Waals surface area contributed by atoms with Gasteiger partial charge in [0.2, 0.25) is 0 Å². The zero-order valence-corrected chi connectivity index (χ0v) is 16.6. The Kier molecular flexibility index (Phi) is 4.62. The summed E-state index contributed by atoms with van der Waals surface area (Å²) >= 11 is 6.27. The minimum absolute atomic E-state index is 0.0454. The molecule has 0 amide bonds. The van der Waals surface area contributed by atoms with E-state index in [-0.39, 0.29) is 17.8 Å². The van der Waals surface area contributed by atoms with Crippen molar-refractivity contribution >= 4 is 34.1 Å². The van der Waals surface area contributed by atoms with E-state index < -0.39 is 11.7 Å². The van der Waals surface area contributed by atoms with Gasteiger partial charge in [0.25, 0.3) is 0 Å². The van der Waals surface area contributed by atoms with Crippen LogP contribution in [-0.4, -0.2) is 26.6 Å². The van der Waals surface area contributed by atoms with Gasteiger partial charge >= 0.3 is 6.18 Å². The molecule has 0 saturated carbocycles. The first-order valence-electron chi connectivity index (χ1n) is 9.32. The van der Waals surface area contributed by atoms with Gasteiger partial charge in [-0.2, -0.15) is 13.2 Å². The third kappa shape index (κ3) is 3.50. The Hall–Kier alpha value is -3.46. The lowest BCUT2D eigenvalue weighted by molar-refractivity contribution is -0.137. The number of benzene rings is 2. The number of para-hydroxylation sites is 1. The van der Waals surface area contributed by atoms with Crippen LogP contribution in [0.15, 0.2) is 55.0 Å². The van der Waals surface area contributed by atoms with Gasteiger partial charge in [0.05, 0.1) is 46.9 Å². The van der Waals surface area contributed by atoms with E-state index in [1.54, 1.807) is 30.5 Å². The number of anilines is 2. The molecule has 2 aromatic heterocycles. The van der Waals surface area contributed by atoms with Crippen molar-refractivity contribution in [2.24, 2.45) is 0 Å². The SMILES string of the molecule is FC(F)(F)c1ccccc1-c1nc2c(Cl)cccc2nc1CN1CNc2ncncc21. The highest BCUT2D eigenvalue weighted by Gasteiger charge is 2.35. The predicted molar refractivity (Wildman–Crippen MR) is 112 cm³/mol. The minimum atomic E-state index is -4.54.